The van der Waals surface area contributed by atoms with Crippen molar-refractivity contribution in [3.63, 3.8) is 0 Å². The van der Waals surface area contributed by atoms with Crippen LogP contribution < -0.4 is 11.3 Å². The Hall–Kier alpha value is -1.59. The van der Waals surface area contributed by atoms with Gasteiger partial charge in [-0.25, -0.2) is 4.98 Å². The monoisotopic (exact) mass is 261 g/mol. The van der Waals surface area contributed by atoms with Crippen LogP contribution in [0.5, 0.6) is 0 Å². The summed E-state index contributed by atoms with van der Waals surface area (Å²) in [7, 11) is 0. The molecule has 0 radical (unpaired) electrons. The number of benzene rings is 1. The van der Waals surface area contributed by atoms with Crippen LogP contribution >= 0.6 is 11.8 Å². The van der Waals surface area contributed by atoms with E-state index in [1.165, 1.54) is 17.8 Å². The van der Waals surface area contributed by atoms with Crippen molar-refractivity contribution in [2.45, 2.75) is 11.6 Å². The molecule has 0 amide bonds. The third-order valence-corrected chi connectivity index (χ3v) is 3.34. The summed E-state index contributed by atoms with van der Waals surface area (Å²) in [5.74, 6) is 0.859. The lowest BCUT2D eigenvalue weighted by molar-refractivity contribution is 0.917. The minimum atomic E-state index is -0.126. The van der Waals surface area contributed by atoms with Crippen molar-refractivity contribution in [3.05, 3.63) is 46.8 Å². The van der Waals surface area contributed by atoms with E-state index in [1.54, 1.807) is 0 Å². The van der Waals surface area contributed by atoms with Crippen LogP contribution in [0.3, 0.4) is 0 Å². The highest BCUT2D eigenvalue weighted by Crippen LogP contribution is 2.18. The Labute approximate surface area is 110 Å². The lowest BCUT2D eigenvalue weighted by atomic mass is 10.1. The zero-order chi connectivity index (χ0) is 12.8. The molecular formula is C13H15N3OS. The highest BCUT2D eigenvalue weighted by molar-refractivity contribution is 7.99. The van der Waals surface area contributed by atoms with E-state index in [-0.39, 0.29) is 5.56 Å². The molecule has 0 saturated carbocycles. The molecule has 1 aromatic heterocycles. The van der Waals surface area contributed by atoms with E-state index in [4.69, 9.17) is 5.73 Å². The Morgan fingerprint density at radius 1 is 1.28 bits per heavy atom. The largest absolute Gasteiger partial charge is 0.330 e. The van der Waals surface area contributed by atoms with Gasteiger partial charge in [0, 0.05) is 17.4 Å². The highest BCUT2D eigenvalue weighted by Gasteiger charge is 2.03. The average molecular weight is 261 g/mol. The van der Waals surface area contributed by atoms with Gasteiger partial charge in [-0.05, 0) is 13.0 Å². The SMILES string of the molecule is NCCCSc1nc(-c2ccccc2)cc(=O)[nH]1. The molecule has 0 aliphatic rings. The molecule has 0 fully saturated rings. The van der Waals surface area contributed by atoms with Crippen molar-refractivity contribution >= 4 is 11.8 Å². The molecule has 0 unspecified atom stereocenters. The van der Waals surface area contributed by atoms with Crippen LogP contribution in [0.4, 0.5) is 0 Å². The second-order valence-corrected chi connectivity index (χ2v) is 4.88. The highest BCUT2D eigenvalue weighted by atomic mass is 32.2. The molecule has 2 aromatic rings. The summed E-state index contributed by atoms with van der Waals surface area (Å²) in [5, 5.41) is 0.648. The first-order chi connectivity index (χ1) is 8.79. The van der Waals surface area contributed by atoms with Crippen molar-refractivity contribution in [2.75, 3.05) is 12.3 Å². The molecule has 1 aromatic carbocycles. The van der Waals surface area contributed by atoms with Crippen LogP contribution in [0.1, 0.15) is 6.42 Å². The number of H-pyrrole nitrogens is 1. The molecule has 0 aliphatic heterocycles. The first-order valence-corrected chi connectivity index (χ1v) is 6.78. The van der Waals surface area contributed by atoms with E-state index < -0.39 is 0 Å². The second kappa shape index (κ2) is 6.37. The molecule has 94 valence electrons. The minimum absolute atomic E-state index is 0.126. The van der Waals surface area contributed by atoms with E-state index in [1.807, 2.05) is 30.3 Å². The van der Waals surface area contributed by atoms with Crippen molar-refractivity contribution in [1.29, 1.82) is 0 Å². The third-order valence-electron chi connectivity index (χ3n) is 2.38. The zero-order valence-electron chi connectivity index (χ0n) is 9.93. The molecule has 18 heavy (non-hydrogen) atoms. The lowest BCUT2D eigenvalue weighted by Gasteiger charge is -2.03. The van der Waals surface area contributed by atoms with E-state index in [0.29, 0.717) is 17.4 Å². The van der Waals surface area contributed by atoms with Gasteiger partial charge in [0.15, 0.2) is 5.16 Å². The maximum atomic E-state index is 11.6. The number of aromatic amines is 1. The number of thioether (sulfide) groups is 1. The molecule has 1 heterocycles. The third kappa shape index (κ3) is 3.45. The quantitative estimate of drug-likeness (QED) is 0.490. The van der Waals surface area contributed by atoms with E-state index in [0.717, 1.165) is 17.7 Å². The molecule has 0 spiro atoms. The fourth-order valence-electron chi connectivity index (χ4n) is 1.51. The van der Waals surface area contributed by atoms with Crippen LogP contribution in [0.25, 0.3) is 11.3 Å². The number of nitrogens with one attached hydrogen (secondary N) is 1. The van der Waals surface area contributed by atoms with Gasteiger partial charge >= 0.3 is 0 Å². The van der Waals surface area contributed by atoms with Crippen molar-refractivity contribution < 1.29 is 0 Å². The molecule has 0 atom stereocenters. The van der Waals surface area contributed by atoms with Gasteiger partial charge in [0.25, 0.3) is 5.56 Å². The first-order valence-electron chi connectivity index (χ1n) is 5.79. The van der Waals surface area contributed by atoms with Gasteiger partial charge in [0.2, 0.25) is 0 Å². The Balaban J connectivity index is 2.24. The smallest absolute Gasteiger partial charge is 0.252 e. The van der Waals surface area contributed by atoms with Crippen LogP contribution in [0, 0.1) is 0 Å². The Kier molecular flexibility index (Phi) is 4.55. The molecule has 0 bridgehead atoms. The van der Waals surface area contributed by atoms with Crippen LogP contribution in [0.2, 0.25) is 0 Å². The molecule has 0 saturated heterocycles. The molecule has 0 aliphatic carbocycles. The van der Waals surface area contributed by atoms with Gasteiger partial charge in [-0.2, -0.15) is 0 Å². The maximum absolute atomic E-state index is 11.6. The van der Waals surface area contributed by atoms with Crippen molar-refractivity contribution in [2.24, 2.45) is 5.73 Å². The predicted molar refractivity (Wildman–Crippen MR) is 74.7 cm³/mol. The number of nitrogens with two attached hydrogens (primary N) is 1. The summed E-state index contributed by atoms with van der Waals surface area (Å²) in [6.45, 7) is 0.648. The molecule has 5 heteroatoms. The Morgan fingerprint density at radius 3 is 2.78 bits per heavy atom. The minimum Gasteiger partial charge on any atom is -0.330 e. The molecule has 3 N–H and O–H groups in total. The van der Waals surface area contributed by atoms with Gasteiger partial charge < -0.3 is 10.7 Å². The van der Waals surface area contributed by atoms with Crippen LogP contribution in [0.15, 0.2) is 46.3 Å². The van der Waals surface area contributed by atoms with Crippen molar-refractivity contribution in [3.8, 4) is 11.3 Å². The van der Waals surface area contributed by atoms with Crippen LogP contribution in [-0.4, -0.2) is 22.3 Å². The van der Waals surface area contributed by atoms with E-state index in [2.05, 4.69) is 9.97 Å². The normalized spacial score (nSPS) is 10.5. The predicted octanol–water partition coefficient (Wildman–Crippen LogP) is 1.88. The summed E-state index contributed by atoms with van der Waals surface area (Å²) in [4.78, 5) is 18.8. The average Bonchev–Trinajstić information content (AvgIpc) is 2.39. The van der Waals surface area contributed by atoms with Crippen LogP contribution in [-0.2, 0) is 0 Å². The van der Waals surface area contributed by atoms with Gasteiger partial charge in [-0.1, -0.05) is 42.1 Å². The van der Waals surface area contributed by atoms with E-state index >= 15 is 0 Å². The lowest BCUT2D eigenvalue weighted by Crippen LogP contribution is -2.08. The fraction of sp³-hybridized carbons (Fsp3) is 0.231. The fourth-order valence-corrected chi connectivity index (χ4v) is 2.35. The summed E-state index contributed by atoms with van der Waals surface area (Å²) in [5.41, 5.74) is 6.96. The standard InChI is InChI=1S/C13H15N3OS/c14-7-4-8-18-13-15-11(9-12(17)16-13)10-5-2-1-3-6-10/h1-3,5-6,9H,4,7-8,14H2,(H,15,16,17). The molecule has 4 nitrogen and oxygen atoms in total. The van der Waals surface area contributed by atoms with Gasteiger partial charge in [0.05, 0.1) is 5.69 Å². The number of aromatic nitrogens is 2. The maximum Gasteiger partial charge on any atom is 0.252 e. The second-order valence-electron chi connectivity index (χ2n) is 3.79. The van der Waals surface area contributed by atoms with Gasteiger partial charge in [-0.3, -0.25) is 4.79 Å². The topological polar surface area (TPSA) is 71.8 Å². The summed E-state index contributed by atoms with van der Waals surface area (Å²) in [6.07, 6.45) is 0.907. The Morgan fingerprint density at radius 2 is 2.06 bits per heavy atom. The van der Waals surface area contributed by atoms with E-state index in [9.17, 15) is 4.79 Å². The number of hydrogen-bond acceptors (Lipinski definition) is 4. The molecule has 2 rings (SSSR count). The number of rotatable bonds is 5. The zero-order valence-corrected chi connectivity index (χ0v) is 10.7. The summed E-state index contributed by atoms with van der Waals surface area (Å²) >= 11 is 1.52. The van der Waals surface area contributed by atoms with Crippen molar-refractivity contribution in [1.82, 2.24) is 9.97 Å². The molecular weight excluding hydrogens is 246 g/mol. The first kappa shape index (κ1) is 12.9. The number of nitrogens with zero attached hydrogens (tertiary/aromatic N) is 1. The summed E-state index contributed by atoms with van der Waals surface area (Å²) in [6, 6.07) is 11.2. The van der Waals surface area contributed by atoms with Gasteiger partial charge in [-0.15, -0.1) is 0 Å². The van der Waals surface area contributed by atoms with Gasteiger partial charge in [0.1, 0.15) is 0 Å². The Bertz CT molecular complexity index is 554. The summed E-state index contributed by atoms with van der Waals surface area (Å²) < 4.78 is 0. The number of hydrogen-bond donors (Lipinski definition) is 2.